The molecule has 0 fully saturated rings. The van der Waals surface area contributed by atoms with Gasteiger partial charge < -0.3 is 10.6 Å². The Morgan fingerprint density at radius 3 is 2.33 bits per heavy atom. The summed E-state index contributed by atoms with van der Waals surface area (Å²) in [5.74, 6) is -0.417. The van der Waals surface area contributed by atoms with Crippen LogP contribution in [0.3, 0.4) is 0 Å². The minimum absolute atomic E-state index is 0.0703. The van der Waals surface area contributed by atoms with E-state index in [2.05, 4.69) is 5.10 Å². The summed E-state index contributed by atoms with van der Waals surface area (Å²) >= 11 is 0. The van der Waals surface area contributed by atoms with E-state index in [-0.39, 0.29) is 5.91 Å². The smallest absolute Gasteiger partial charge is 0.251 e. The van der Waals surface area contributed by atoms with Crippen molar-refractivity contribution in [2.45, 2.75) is 13.0 Å². The second kappa shape index (κ2) is 6.21. The molecule has 1 heterocycles. The molecule has 0 aliphatic carbocycles. The van der Waals surface area contributed by atoms with Gasteiger partial charge in [0.1, 0.15) is 0 Å². The topological polar surface area (TPSA) is 81.2 Å². The summed E-state index contributed by atoms with van der Waals surface area (Å²) in [5, 5.41) is 4.08. The summed E-state index contributed by atoms with van der Waals surface area (Å²) in [6.45, 7) is 0.551. The number of benzene rings is 1. The van der Waals surface area contributed by atoms with Crippen LogP contribution in [0.4, 0.5) is 0 Å². The minimum Gasteiger partial charge on any atom is -0.366 e. The molecule has 0 saturated carbocycles. The quantitative estimate of drug-likeness (QED) is 0.876. The molecule has 0 radical (unpaired) electrons. The highest BCUT2D eigenvalue weighted by Crippen LogP contribution is 2.08. The van der Waals surface area contributed by atoms with Gasteiger partial charge in [0.05, 0.1) is 24.7 Å². The van der Waals surface area contributed by atoms with Crippen LogP contribution in [0.15, 0.2) is 36.7 Å². The van der Waals surface area contributed by atoms with Crippen molar-refractivity contribution in [1.29, 1.82) is 0 Å². The van der Waals surface area contributed by atoms with E-state index in [1.807, 2.05) is 24.3 Å². The SMILES string of the molecule is CN(C)C(=O)Cc1ccc(Cn2cc(C(N)=O)cn2)cc1. The van der Waals surface area contributed by atoms with Crippen LogP contribution >= 0.6 is 0 Å². The van der Waals surface area contributed by atoms with Gasteiger partial charge in [0, 0.05) is 20.3 Å². The number of likely N-dealkylation sites (N-methyl/N-ethyl adjacent to an activating group) is 1. The molecular weight excluding hydrogens is 268 g/mol. The lowest BCUT2D eigenvalue weighted by Crippen LogP contribution is -2.23. The molecule has 1 aromatic carbocycles. The number of nitrogens with zero attached hydrogens (tertiary/aromatic N) is 3. The number of nitrogens with two attached hydrogens (primary N) is 1. The van der Waals surface area contributed by atoms with Gasteiger partial charge >= 0.3 is 0 Å². The van der Waals surface area contributed by atoms with Gasteiger partial charge in [0.15, 0.2) is 0 Å². The number of rotatable bonds is 5. The predicted octanol–water partition coefficient (Wildman–Crippen LogP) is 0.661. The van der Waals surface area contributed by atoms with Gasteiger partial charge in [-0.05, 0) is 11.1 Å². The van der Waals surface area contributed by atoms with E-state index in [1.54, 1.807) is 29.9 Å². The Labute approximate surface area is 123 Å². The van der Waals surface area contributed by atoms with Crippen LogP contribution in [0.5, 0.6) is 0 Å². The molecule has 110 valence electrons. The van der Waals surface area contributed by atoms with Crippen molar-refractivity contribution < 1.29 is 9.59 Å². The summed E-state index contributed by atoms with van der Waals surface area (Å²) in [6, 6.07) is 7.75. The van der Waals surface area contributed by atoms with Gasteiger partial charge in [-0.1, -0.05) is 24.3 Å². The Morgan fingerprint density at radius 2 is 1.81 bits per heavy atom. The van der Waals surface area contributed by atoms with Gasteiger partial charge in [-0.3, -0.25) is 14.3 Å². The van der Waals surface area contributed by atoms with Gasteiger partial charge in [-0.2, -0.15) is 5.10 Å². The van der Waals surface area contributed by atoms with E-state index in [1.165, 1.54) is 6.20 Å². The number of carbonyl (C=O) groups is 2. The van der Waals surface area contributed by atoms with Crippen LogP contribution in [0, 0.1) is 0 Å². The zero-order chi connectivity index (χ0) is 15.4. The first-order valence-electron chi connectivity index (χ1n) is 6.56. The van der Waals surface area contributed by atoms with Crippen molar-refractivity contribution in [3.8, 4) is 0 Å². The van der Waals surface area contributed by atoms with Crippen molar-refractivity contribution in [2.75, 3.05) is 14.1 Å². The second-order valence-corrected chi connectivity index (χ2v) is 5.07. The molecule has 2 aromatic rings. The van der Waals surface area contributed by atoms with Gasteiger partial charge in [0.2, 0.25) is 5.91 Å². The standard InChI is InChI=1S/C15H18N4O2/c1-18(2)14(20)7-11-3-5-12(6-4-11)9-19-10-13(8-17-19)15(16)21/h3-6,8,10H,7,9H2,1-2H3,(H2,16,21). The van der Waals surface area contributed by atoms with Crippen LogP contribution in [0.1, 0.15) is 21.5 Å². The molecule has 2 rings (SSSR count). The molecule has 0 atom stereocenters. The molecule has 6 heteroatoms. The Kier molecular flexibility index (Phi) is 4.37. The summed E-state index contributed by atoms with van der Waals surface area (Å²) in [6.07, 6.45) is 3.46. The third-order valence-electron chi connectivity index (χ3n) is 3.14. The van der Waals surface area contributed by atoms with E-state index in [0.717, 1.165) is 11.1 Å². The zero-order valence-corrected chi connectivity index (χ0v) is 12.1. The Morgan fingerprint density at radius 1 is 1.19 bits per heavy atom. The zero-order valence-electron chi connectivity index (χ0n) is 12.1. The Bertz CT molecular complexity index is 644. The van der Waals surface area contributed by atoms with Crippen molar-refractivity contribution in [1.82, 2.24) is 14.7 Å². The maximum absolute atomic E-state index is 11.6. The lowest BCUT2D eigenvalue weighted by molar-refractivity contribution is -0.127. The number of aromatic nitrogens is 2. The fourth-order valence-electron chi connectivity index (χ4n) is 1.86. The van der Waals surface area contributed by atoms with Crippen LogP contribution < -0.4 is 5.73 Å². The summed E-state index contributed by atoms with van der Waals surface area (Å²) in [5.41, 5.74) is 7.58. The molecule has 0 aliphatic rings. The largest absolute Gasteiger partial charge is 0.366 e. The predicted molar refractivity (Wildman–Crippen MR) is 78.7 cm³/mol. The molecule has 0 saturated heterocycles. The number of carbonyl (C=O) groups excluding carboxylic acids is 2. The molecular formula is C15H18N4O2. The lowest BCUT2D eigenvalue weighted by atomic mass is 10.1. The molecule has 2 N–H and O–H groups in total. The monoisotopic (exact) mass is 286 g/mol. The Balaban J connectivity index is 2.01. The number of amides is 2. The van der Waals surface area contributed by atoms with Crippen LogP contribution in [0.2, 0.25) is 0 Å². The average Bonchev–Trinajstić information content (AvgIpc) is 2.89. The van der Waals surface area contributed by atoms with Crippen LogP contribution in [-0.4, -0.2) is 40.6 Å². The first-order valence-corrected chi connectivity index (χ1v) is 6.56. The van der Waals surface area contributed by atoms with Gasteiger partial charge in [-0.25, -0.2) is 0 Å². The lowest BCUT2D eigenvalue weighted by Gasteiger charge is -2.10. The summed E-state index contributed by atoms with van der Waals surface area (Å²) in [4.78, 5) is 24.2. The van der Waals surface area contributed by atoms with Gasteiger partial charge in [-0.15, -0.1) is 0 Å². The van der Waals surface area contributed by atoms with Crippen LogP contribution in [0.25, 0.3) is 0 Å². The molecule has 0 bridgehead atoms. The third kappa shape index (κ3) is 3.92. The molecule has 0 aliphatic heterocycles. The molecule has 21 heavy (non-hydrogen) atoms. The molecule has 0 spiro atoms. The van der Waals surface area contributed by atoms with E-state index in [9.17, 15) is 9.59 Å². The normalized spacial score (nSPS) is 10.4. The Hall–Kier alpha value is -2.63. The fourth-order valence-corrected chi connectivity index (χ4v) is 1.86. The fraction of sp³-hybridized carbons (Fsp3) is 0.267. The van der Waals surface area contributed by atoms with Crippen molar-refractivity contribution in [3.05, 3.63) is 53.3 Å². The molecule has 6 nitrogen and oxygen atoms in total. The molecule has 2 amide bonds. The maximum Gasteiger partial charge on any atom is 0.251 e. The third-order valence-corrected chi connectivity index (χ3v) is 3.14. The van der Waals surface area contributed by atoms with Crippen molar-refractivity contribution in [3.63, 3.8) is 0 Å². The number of primary amides is 1. The van der Waals surface area contributed by atoms with Crippen LogP contribution in [-0.2, 0) is 17.8 Å². The van der Waals surface area contributed by atoms with E-state index < -0.39 is 5.91 Å². The average molecular weight is 286 g/mol. The van der Waals surface area contributed by atoms with E-state index in [4.69, 9.17) is 5.73 Å². The van der Waals surface area contributed by atoms with Crippen molar-refractivity contribution in [2.24, 2.45) is 5.73 Å². The van der Waals surface area contributed by atoms with Gasteiger partial charge in [0.25, 0.3) is 5.91 Å². The highest BCUT2D eigenvalue weighted by Gasteiger charge is 2.07. The minimum atomic E-state index is -0.487. The van der Waals surface area contributed by atoms with E-state index in [0.29, 0.717) is 18.5 Å². The summed E-state index contributed by atoms with van der Waals surface area (Å²) in [7, 11) is 3.48. The highest BCUT2D eigenvalue weighted by molar-refractivity contribution is 5.92. The number of hydrogen-bond acceptors (Lipinski definition) is 3. The van der Waals surface area contributed by atoms with Crippen molar-refractivity contribution >= 4 is 11.8 Å². The summed E-state index contributed by atoms with van der Waals surface area (Å²) < 4.78 is 1.65. The second-order valence-electron chi connectivity index (χ2n) is 5.07. The van der Waals surface area contributed by atoms with E-state index >= 15 is 0 Å². The molecule has 1 aromatic heterocycles. The number of hydrogen-bond donors (Lipinski definition) is 1. The first kappa shape index (κ1) is 14.8. The first-order chi connectivity index (χ1) is 9.95. The highest BCUT2D eigenvalue weighted by atomic mass is 16.2. The molecule has 0 unspecified atom stereocenters. The maximum atomic E-state index is 11.6.